The number of nitrogens with zero attached hydrogens (tertiary/aromatic N) is 1. The normalized spacial score (nSPS) is 23.3. The molecule has 0 saturated heterocycles. The highest BCUT2D eigenvalue weighted by molar-refractivity contribution is 5.76. The molecule has 3 heteroatoms. The van der Waals surface area contributed by atoms with E-state index in [0.29, 0.717) is 0 Å². The Bertz CT molecular complexity index is 185. The van der Waals surface area contributed by atoms with Crippen LogP contribution >= 0.6 is 0 Å². The third-order valence-corrected chi connectivity index (χ3v) is 3.25. The summed E-state index contributed by atoms with van der Waals surface area (Å²) >= 11 is 0. The zero-order valence-corrected chi connectivity index (χ0v) is 8.00. The van der Waals surface area contributed by atoms with Crippen molar-refractivity contribution in [2.24, 2.45) is 5.41 Å². The quantitative estimate of drug-likeness (QED) is 0.693. The van der Waals surface area contributed by atoms with Crippen molar-refractivity contribution in [1.82, 2.24) is 4.90 Å². The van der Waals surface area contributed by atoms with Gasteiger partial charge < -0.3 is 10.0 Å². The second kappa shape index (κ2) is 3.05. The Balaban J connectivity index is 2.73. The van der Waals surface area contributed by atoms with Gasteiger partial charge in [-0.05, 0) is 33.9 Å². The Morgan fingerprint density at radius 1 is 1.50 bits per heavy atom. The van der Waals surface area contributed by atoms with Crippen LogP contribution < -0.4 is 0 Å². The molecule has 0 bridgehead atoms. The summed E-state index contributed by atoms with van der Waals surface area (Å²) in [6, 6.07) is 0.142. The van der Waals surface area contributed by atoms with E-state index in [-0.39, 0.29) is 6.04 Å². The molecule has 3 nitrogen and oxygen atoms in total. The van der Waals surface area contributed by atoms with Crippen LogP contribution in [0.3, 0.4) is 0 Å². The summed E-state index contributed by atoms with van der Waals surface area (Å²) in [7, 11) is 3.88. The van der Waals surface area contributed by atoms with Crippen molar-refractivity contribution in [2.45, 2.75) is 32.2 Å². The molecule has 1 N–H and O–H groups in total. The van der Waals surface area contributed by atoms with Gasteiger partial charge in [-0.2, -0.15) is 0 Å². The summed E-state index contributed by atoms with van der Waals surface area (Å²) in [6.07, 6.45) is 2.73. The Kier molecular flexibility index (Phi) is 2.42. The molecule has 0 aromatic rings. The SMILES string of the molecule is CC(N(C)C)C1(C(=O)O)CCC1. The van der Waals surface area contributed by atoms with Crippen molar-refractivity contribution in [1.29, 1.82) is 0 Å². The van der Waals surface area contributed by atoms with Gasteiger partial charge in [0.2, 0.25) is 0 Å². The number of carboxylic acids is 1. The number of carboxylic acid groups (broad SMARTS) is 1. The van der Waals surface area contributed by atoms with Gasteiger partial charge in [-0.25, -0.2) is 0 Å². The number of hydrogen-bond acceptors (Lipinski definition) is 2. The first-order chi connectivity index (χ1) is 5.50. The predicted molar refractivity (Wildman–Crippen MR) is 47.1 cm³/mol. The van der Waals surface area contributed by atoms with Crippen molar-refractivity contribution in [3.05, 3.63) is 0 Å². The molecule has 1 unspecified atom stereocenters. The van der Waals surface area contributed by atoms with Crippen LogP contribution in [0.4, 0.5) is 0 Å². The summed E-state index contributed by atoms with van der Waals surface area (Å²) < 4.78 is 0. The highest BCUT2D eigenvalue weighted by atomic mass is 16.4. The molecular formula is C9H17NO2. The maximum Gasteiger partial charge on any atom is 0.311 e. The molecule has 0 spiro atoms. The maximum atomic E-state index is 11.0. The minimum Gasteiger partial charge on any atom is -0.481 e. The van der Waals surface area contributed by atoms with Crippen LogP contribution in [-0.4, -0.2) is 36.1 Å². The molecule has 0 aliphatic heterocycles. The highest BCUT2D eigenvalue weighted by Crippen LogP contribution is 2.45. The number of rotatable bonds is 3. The first-order valence-corrected chi connectivity index (χ1v) is 4.40. The Morgan fingerprint density at radius 3 is 2.08 bits per heavy atom. The Hall–Kier alpha value is -0.570. The Labute approximate surface area is 73.4 Å². The molecule has 0 radical (unpaired) electrons. The summed E-state index contributed by atoms with van der Waals surface area (Å²) in [6.45, 7) is 1.99. The molecule has 1 rings (SSSR count). The van der Waals surface area contributed by atoms with Crippen LogP contribution in [-0.2, 0) is 4.79 Å². The van der Waals surface area contributed by atoms with Gasteiger partial charge in [-0.1, -0.05) is 6.42 Å². The largest absolute Gasteiger partial charge is 0.481 e. The highest BCUT2D eigenvalue weighted by Gasteiger charge is 2.49. The van der Waals surface area contributed by atoms with Gasteiger partial charge in [0.15, 0.2) is 0 Å². The number of aliphatic carboxylic acids is 1. The van der Waals surface area contributed by atoms with E-state index in [1.807, 2.05) is 25.9 Å². The van der Waals surface area contributed by atoms with Crippen LogP contribution in [0.15, 0.2) is 0 Å². The average molecular weight is 171 g/mol. The molecule has 0 heterocycles. The molecule has 0 amide bonds. The average Bonchev–Trinajstić information content (AvgIpc) is 1.83. The lowest BCUT2D eigenvalue weighted by Gasteiger charge is -2.45. The third kappa shape index (κ3) is 1.22. The molecule has 1 aliphatic rings. The van der Waals surface area contributed by atoms with Crippen LogP contribution in [0.5, 0.6) is 0 Å². The molecule has 1 atom stereocenters. The van der Waals surface area contributed by atoms with E-state index >= 15 is 0 Å². The van der Waals surface area contributed by atoms with Gasteiger partial charge >= 0.3 is 5.97 Å². The molecule has 0 aromatic heterocycles. The van der Waals surface area contributed by atoms with Crippen molar-refractivity contribution in [3.63, 3.8) is 0 Å². The standard InChI is InChI=1S/C9H17NO2/c1-7(10(2)3)9(8(11)12)5-4-6-9/h7H,4-6H2,1-3H3,(H,11,12). The second-order valence-corrected chi connectivity index (χ2v) is 3.95. The van der Waals surface area contributed by atoms with E-state index in [1.165, 1.54) is 0 Å². The first-order valence-electron chi connectivity index (χ1n) is 4.40. The van der Waals surface area contributed by atoms with E-state index in [1.54, 1.807) is 0 Å². The first kappa shape index (κ1) is 9.52. The monoisotopic (exact) mass is 171 g/mol. The number of carbonyl (C=O) groups is 1. The van der Waals surface area contributed by atoms with Crippen molar-refractivity contribution >= 4 is 5.97 Å². The number of hydrogen-bond donors (Lipinski definition) is 1. The molecule has 1 saturated carbocycles. The molecule has 12 heavy (non-hydrogen) atoms. The molecule has 1 aliphatic carbocycles. The molecular weight excluding hydrogens is 154 g/mol. The fourth-order valence-electron chi connectivity index (χ4n) is 1.86. The summed E-state index contributed by atoms with van der Waals surface area (Å²) in [5.41, 5.74) is -0.455. The summed E-state index contributed by atoms with van der Waals surface area (Å²) in [4.78, 5) is 13.0. The minimum absolute atomic E-state index is 0.142. The van der Waals surface area contributed by atoms with E-state index in [9.17, 15) is 4.79 Å². The zero-order chi connectivity index (χ0) is 9.35. The van der Waals surface area contributed by atoms with E-state index in [0.717, 1.165) is 19.3 Å². The lowest BCUT2D eigenvalue weighted by molar-refractivity contribution is -0.159. The van der Waals surface area contributed by atoms with Gasteiger partial charge in [0, 0.05) is 6.04 Å². The smallest absolute Gasteiger partial charge is 0.311 e. The van der Waals surface area contributed by atoms with Gasteiger partial charge in [0.1, 0.15) is 0 Å². The van der Waals surface area contributed by atoms with E-state index < -0.39 is 11.4 Å². The lowest BCUT2D eigenvalue weighted by Crippen LogP contribution is -2.52. The van der Waals surface area contributed by atoms with Crippen LogP contribution in [0.25, 0.3) is 0 Å². The van der Waals surface area contributed by atoms with Gasteiger partial charge in [-0.15, -0.1) is 0 Å². The zero-order valence-electron chi connectivity index (χ0n) is 8.00. The summed E-state index contributed by atoms with van der Waals surface area (Å²) in [5, 5.41) is 9.08. The topological polar surface area (TPSA) is 40.5 Å². The summed E-state index contributed by atoms with van der Waals surface area (Å²) in [5.74, 6) is -0.630. The lowest BCUT2D eigenvalue weighted by atomic mass is 9.64. The van der Waals surface area contributed by atoms with Crippen molar-refractivity contribution in [3.8, 4) is 0 Å². The van der Waals surface area contributed by atoms with E-state index in [2.05, 4.69) is 0 Å². The minimum atomic E-state index is -0.630. The molecule has 70 valence electrons. The van der Waals surface area contributed by atoms with Gasteiger partial charge in [0.25, 0.3) is 0 Å². The fourth-order valence-corrected chi connectivity index (χ4v) is 1.86. The third-order valence-electron chi connectivity index (χ3n) is 3.25. The molecule has 0 aromatic carbocycles. The van der Waals surface area contributed by atoms with Crippen molar-refractivity contribution < 1.29 is 9.90 Å². The van der Waals surface area contributed by atoms with Crippen LogP contribution in [0, 0.1) is 5.41 Å². The second-order valence-electron chi connectivity index (χ2n) is 3.95. The Morgan fingerprint density at radius 2 is 2.00 bits per heavy atom. The van der Waals surface area contributed by atoms with Crippen LogP contribution in [0.1, 0.15) is 26.2 Å². The van der Waals surface area contributed by atoms with Gasteiger partial charge in [0.05, 0.1) is 5.41 Å². The fraction of sp³-hybridized carbons (Fsp3) is 0.889. The van der Waals surface area contributed by atoms with E-state index in [4.69, 9.17) is 5.11 Å². The van der Waals surface area contributed by atoms with Gasteiger partial charge in [-0.3, -0.25) is 4.79 Å². The molecule has 1 fully saturated rings. The van der Waals surface area contributed by atoms with Crippen molar-refractivity contribution in [2.75, 3.05) is 14.1 Å². The van der Waals surface area contributed by atoms with Crippen LogP contribution in [0.2, 0.25) is 0 Å². The predicted octanol–water partition coefficient (Wildman–Crippen LogP) is 1.19. The maximum absolute atomic E-state index is 11.0.